The molecule has 0 amide bonds. The first-order valence-corrected chi connectivity index (χ1v) is 21.2. The Morgan fingerprint density at radius 3 is 1.00 bits per heavy atom. The number of phenolic OH excluding ortho intramolecular Hbond substituents is 4. The van der Waals surface area contributed by atoms with Crippen molar-refractivity contribution >= 4 is 69.2 Å². The number of hydrogen-bond donors (Lipinski definition) is 4. The van der Waals surface area contributed by atoms with Gasteiger partial charge < -0.3 is 20.4 Å². The molecule has 8 heteroatoms. The smallest absolute Gasteiger partial charge is 0.132 e. The maximum atomic E-state index is 12.3. The lowest BCUT2D eigenvalue weighted by molar-refractivity contribution is 0.445. The molecule has 0 radical (unpaired) electrons. The van der Waals surface area contributed by atoms with Crippen LogP contribution >= 0.6 is 0 Å². The van der Waals surface area contributed by atoms with E-state index in [0.717, 1.165) is 32.7 Å². The highest BCUT2D eigenvalue weighted by Gasteiger charge is 2.23. The Hall–Kier alpha value is -7.84. The molecule has 4 N–H and O–H groups in total. The maximum Gasteiger partial charge on any atom is 0.132 e. The monoisotopic (exact) mass is 842 g/mol. The Labute approximate surface area is 373 Å². The number of fused-ring (bicyclic) bond motifs is 2. The van der Waals surface area contributed by atoms with Crippen LogP contribution in [0.2, 0.25) is 0 Å². The van der Waals surface area contributed by atoms with Gasteiger partial charge in [0, 0.05) is 58.2 Å². The van der Waals surface area contributed by atoms with Gasteiger partial charge in [-0.15, -0.1) is 0 Å². The van der Waals surface area contributed by atoms with Crippen molar-refractivity contribution in [3.05, 3.63) is 179 Å². The van der Waals surface area contributed by atoms with Crippen molar-refractivity contribution in [1.82, 2.24) is 0 Å². The fraction of sp³-hybridized carbons (Fsp3) is 0.143. The lowest BCUT2D eigenvalue weighted by Gasteiger charge is -2.21. The zero-order valence-electron chi connectivity index (χ0n) is 36.7. The van der Waals surface area contributed by atoms with Crippen LogP contribution in [0.3, 0.4) is 0 Å². The lowest BCUT2D eigenvalue weighted by atomic mass is 9.85. The molecule has 0 saturated carbocycles. The highest BCUT2D eigenvalue weighted by atomic mass is 16.3. The van der Waals surface area contributed by atoms with E-state index in [0.29, 0.717) is 56.1 Å². The molecule has 0 fully saturated rings. The number of nitrogens with zero attached hydrogens (tertiary/aromatic N) is 4. The second-order valence-corrected chi connectivity index (χ2v) is 17.8. The Morgan fingerprint density at radius 1 is 0.344 bits per heavy atom. The zero-order chi connectivity index (χ0) is 45.2. The number of phenols is 4. The predicted octanol–water partition coefficient (Wildman–Crippen LogP) is 14.1. The van der Waals surface area contributed by atoms with E-state index in [1.54, 1.807) is 24.9 Å². The topological polar surface area (TPSA) is 130 Å². The number of rotatable bonds is 9. The Morgan fingerprint density at radius 2 is 0.656 bits per heavy atom. The van der Waals surface area contributed by atoms with E-state index in [-0.39, 0.29) is 33.8 Å². The van der Waals surface area contributed by atoms with E-state index in [9.17, 15) is 20.4 Å². The number of aromatic hydroxyl groups is 4. The summed E-state index contributed by atoms with van der Waals surface area (Å²) in [5.41, 5.74) is 6.42. The fourth-order valence-corrected chi connectivity index (χ4v) is 7.88. The van der Waals surface area contributed by atoms with Gasteiger partial charge in [0.2, 0.25) is 0 Å². The molecule has 8 nitrogen and oxygen atoms in total. The Balaban J connectivity index is 1.19. The molecule has 0 heterocycles. The summed E-state index contributed by atoms with van der Waals surface area (Å²) in [5, 5.41) is 49.9. The standard InChI is InChI=1S/C56H50N4O4/c1-55(2,3)43-23-15-19-37(51(43)61)31-57-45-25-11-13-27-47(45)59-33-39-29-35-17-7-9-21-41(35)49(53(39)63)50-42-22-10-8-18-36(42)30-40(54(50)64)34-60-48-28-14-12-26-46(48)58-32-38-20-16-24-44(52(38)62)56(4,5)6/h7-34,61-64H,1-6H3. The molecule has 0 bridgehead atoms. The average molecular weight is 843 g/mol. The minimum absolute atomic E-state index is 0.0552. The SMILES string of the molecule is CC(C)(C)c1cccc(C=Nc2ccccc2N=Cc2cc3ccccc3c(-c3c(O)c(C=Nc4ccccc4N=Cc4cccc(C(C)(C)C)c4O)cc4ccccc34)c2O)c1O. The van der Waals surface area contributed by atoms with Crippen molar-refractivity contribution in [3.63, 3.8) is 0 Å². The molecule has 0 aromatic heterocycles. The summed E-state index contributed by atoms with van der Waals surface area (Å²) in [6, 6.07) is 45.4. The van der Waals surface area contributed by atoms with Crippen molar-refractivity contribution in [2.75, 3.05) is 0 Å². The number of para-hydroxylation sites is 6. The van der Waals surface area contributed by atoms with Crippen LogP contribution in [-0.2, 0) is 10.8 Å². The Bertz CT molecular complexity index is 2970. The van der Waals surface area contributed by atoms with Crippen LogP contribution in [0.25, 0.3) is 32.7 Å². The van der Waals surface area contributed by atoms with E-state index in [2.05, 4.69) is 41.5 Å². The summed E-state index contributed by atoms with van der Waals surface area (Å²) in [6.45, 7) is 12.3. The molecule has 0 saturated heterocycles. The molecule has 0 aliphatic carbocycles. The van der Waals surface area contributed by atoms with Crippen LogP contribution in [-0.4, -0.2) is 45.3 Å². The first-order chi connectivity index (χ1) is 30.7. The van der Waals surface area contributed by atoms with Crippen molar-refractivity contribution in [1.29, 1.82) is 0 Å². The van der Waals surface area contributed by atoms with E-state index in [4.69, 9.17) is 20.0 Å². The molecule has 318 valence electrons. The number of hydrogen-bond acceptors (Lipinski definition) is 8. The third-order valence-corrected chi connectivity index (χ3v) is 11.2. The largest absolute Gasteiger partial charge is 0.507 e. The fourth-order valence-electron chi connectivity index (χ4n) is 7.88. The van der Waals surface area contributed by atoms with Crippen molar-refractivity contribution in [3.8, 4) is 34.1 Å². The third-order valence-electron chi connectivity index (χ3n) is 11.2. The molecule has 8 aromatic carbocycles. The molecule has 0 atom stereocenters. The predicted molar refractivity (Wildman–Crippen MR) is 266 cm³/mol. The van der Waals surface area contributed by atoms with E-state index < -0.39 is 0 Å². The second-order valence-electron chi connectivity index (χ2n) is 17.8. The average Bonchev–Trinajstić information content (AvgIpc) is 3.27. The lowest BCUT2D eigenvalue weighted by Crippen LogP contribution is -2.11. The van der Waals surface area contributed by atoms with Gasteiger partial charge in [0.05, 0.1) is 22.7 Å². The van der Waals surface area contributed by atoms with Crippen LogP contribution in [0, 0.1) is 0 Å². The van der Waals surface area contributed by atoms with Crippen molar-refractivity contribution in [2.45, 2.75) is 52.4 Å². The van der Waals surface area contributed by atoms with Gasteiger partial charge in [0.25, 0.3) is 0 Å². The quantitative estimate of drug-likeness (QED) is 0.108. The molecule has 0 aliphatic rings. The minimum atomic E-state index is -0.246. The first kappa shape index (κ1) is 42.8. The van der Waals surface area contributed by atoms with Gasteiger partial charge in [-0.05, 0) is 92.0 Å². The molecule has 8 aromatic rings. The highest BCUT2D eigenvalue weighted by molar-refractivity contribution is 6.14. The summed E-state index contributed by atoms with van der Waals surface area (Å²) in [7, 11) is 0. The molecule has 0 unspecified atom stereocenters. The van der Waals surface area contributed by atoms with Gasteiger partial charge in [-0.2, -0.15) is 0 Å². The summed E-state index contributed by atoms with van der Waals surface area (Å²) in [5.74, 6) is 0.267. The van der Waals surface area contributed by atoms with E-state index >= 15 is 0 Å². The van der Waals surface area contributed by atoms with Crippen molar-refractivity contribution < 1.29 is 20.4 Å². The third kappa shape index (κ3) is 8.76. The molecule has 0 aliphatic heterocycles. The van der Waals surface area contributed by atoms with Gasteiger partial charge in [-0.3, -0.25) is 20.0 Å². The number of aliphatic imine (C=N–C) groups is 4. The molecule has 64 heavy (non-hydrogen) atoms. The normalized spacial score (nSPS) is 12.5. The molecular weight excluding hydrogens is 793 g/mol. The molecular formula is C56H50N4O4. The van der Waals surface area contributed by atoms with Crippen molar-refractivity contribution in [2.24, 2.45) is 20.0 Å². The maximum absolute atomic E-state index is 12.3. The first-order valence-electron chi connectivity index (χ1n) is 21.2. The van der Waals surface area contributed by atoms with Gasteiger partial charge in [0.1, 0.15) is 23.0 Å². The van der Waals surface area contributed by atoms with Crippen LogP contribution in [0.5, 0.6) is 23.0 Å². The Kier molecular flexibility index (Phi) is 11.7. The highest BCUT2D eigenvalue weighted by Crippen LogP contribution is 2.47. The molecule has 8 rings (SSSR count). The minimum Gasteiger partial charge on any atom is -0.507 e. The van der Waals surface area contributed by atoms with Gasteiger partial charge >= 0.3 is 0 Å². The summed E-state index contributed by atoms with van der Waals surface area (Å²) >= 11 is 0. The van der Waals surface area contributed by atoms with Crippen LogP contribution in [0.1, 0.15) is 74.9 Å². The van der Waals surface area contributed by atoms with Crippen LogP contribution in [0.15, 0.2) is 166 Å². The van der Waals surface area contributed by atoms with Gasteiger partial charge in [-0.25, -0.2) is 0 Å². The summed E-state index contributed by atoms with van der Waals surface area (Å²) in [6.07, 6.45) is 6.50. The van der Waals surface area contributed by atoms with E-state index in [1.165, 1.54) is 0 Å². The van der Waals surface area contributed by atoms with Crippen LogP contribution < -0.4 is 0 Å². The second kappa shape index (κ2) is 17.5. The van der Waals surface area contributed by atoms with Gasteiger partial charge in [-0.1, -0.05) is 139 Å². The van der Waals surface area contributed by atoms with Gasteiger partial charge in [0.15, 0.2) is 0 Å². The summed E-state index contributed by atoms with van der Waals surface area (Å²) < 4.78 is 0. The van der Waals surface area contributed by atoms with Crippen LogP contribution in [0.4, 0.5) is 22.7 Å². The molecule has 0 spiro atoms. The number of benzene rings is 8. The summed E-state index contributed by atoms with van der Waals surface area (Å²) in [4.78, 5) is 19.1. The zero-order valence-corrected chi connectivity index (χ0v) is 36.7. The van der Waals surface area contributed by atoms with E-state index in [1.807, 2.05) is 146 Å².